The van der Waals surface area contributed by atoms with Crippen molar-refractivity contribution in [1.82, 2.24) is 10.3 Å². The van der Waals surface area contributed by atoms with Crippen molar-refractivity contribution >= 4 is 6.41 Å². The van der Waals surface area contributed by atoms with Gasteiger partial charge in [-0.15, -0.1) is 0 Å². The van der Waals surface area contributed by atoms with Crippen molar-refractivity contribution in [2.75, 3.05) is 0 Å². The fraction of sp³-hybridized carbons (Fsp3) is 0.143. The van der Waals surface area contributed by atoms with E-state index in [0.29, 0.717) is 29.3 Å². The molecular weight excluding hydrogens is 244 g/mol. The largest absolute Gasteiger partial charge is 0.441 e. The molecule has 1 aromatic carbocycles. The molecule has 98 valence electrons. The van der Waals surface area contributed by atoms with Crippen molar-refractivity contribution in [3.8, 4) is 11.6 Å². The fourth-order valence-electron chi connectivity index (χ4n) is 1.69. The summed E-state index contributed by atoms with van der Waals surface area (Å²) in [5.41, 5.74) is 0.920. The minimum absolute atomic E-state index is 0.126. The predicted octanol–water partition coefficient (Wildman–Crippen LogP) is 1.72. The monoisotopic (exact) mass is 258 g/mol. The van der Waals surface area contributed by atoms with Gasteiger partial charge in [0, 0.05) is 11.8 Å². The van der Waals surface area contributed by atoms with Gasteiger partial charge >= 0.3 is 0 Å². The first-order valence-electron chi connectivity index (χ1n) is 5.83. The van der Waals surface area contributed by atoms with Crippen LogP contribution in [0.5, 0.6) is 11.6 Å². The Morgan fingerprint density at radius 1 is 1.32 bits per heavy atom. The number of carbonyl (C=O) groups is 1. The summed E-state index contributed by atoms with van der Waals surface area (Å²) in [5.74, 6) is 0.974. The van der Waals surface area contributed by atoms with Crippen molar-refractivity contribution < 1.29 is 9.53 Å². The molecule has 0 fully saturated rings. The molecule has 1 amide bonds. The molecule has 1 aromatic heterocycles. The maximum atomic E-state index is 11.9. The third kappa shape index (κ3) is 3.22. The Labute approximate surface area is 110 Å². The highest BCUT2D eigenvalue weighted by Gasteiger charge is 2.10. The number of aryl methyl sites for hydroxylation is 1. The van der Waals surface area contributed by atoms with E-state index in [2.05, 4.69) is 10.3 Å². The van der Waals surface area contributed by atoms with Crippen LogP contribution in [0.15, 0.2) is 41.2 Å². The molecule has 0 saturated heterocycles. The standard InChI is InChI=1S/C14H14N2O3/c1-10-7-13(18)12(8-15-9-17)14(16-10)19-11-5-3-2-4-6-11/h2-7,9H,8H2,1H3,(H,15,17)(H,16,18). The maximum absolute atomic E-state index is 11.9. The molecule has 0 aliphatic heterocycles. The number of nitrogens with one attached hydrogen (secondary N) is 2. The minimum Gasteiger partial charge on any atom is -0.441 e. The summed E-state index contributed by atoms with van der Waals surface area (Å²) in [5, 5.41) is 2.47. The number of hydrogen-bond acceptors (Lipinski definition) is 3. The Morgan fingerprint density at radius 2 is 2.05 bits per heavy atom. The first-order valence-corrected chi connectivity index (χ1v) is 5.83. The van der Waals surface area contributed by atoms with Crippen molar-refractivity contribution in [3.05, 3.63) is 57.9 Å². The summed E-state index contributed by atoms with van der Waals surface area (Å²) in [6.07, 6.45) is 0.547. The number of aromatic nitrogens is 1. The van der Waals surface area contributed by atoms with Crippen LogP contribution in [0.25, 0.3) is 0 Å². The van der Waals surface area contributed by atoms with Crippen LogP contribution >= 0.6 is 0 Å². The number of aromatic amines is 1. The Bertz CT molecular complexity index is 620. The third-order valence-corrected chi connectivity index (χ3v) is 2.56. The van der Waals surface area contributed by atoms with Gasteiger partial charge in [-0.2, -0.15) is 0 Å². The number of hydrogen-bond donors (Lipinski definition) is 2. The number of amides is 1. The van der Waals surface area contributed by atoms with Crippen molar-refractivity contribution in [2.45, 2.75) is 13.5 Å². The smallest absolute Gasteiger partial charge is 0.207 e. The van der Waals surface area contributed by atoms with Crippen LogP contribution in [0.3, 0.4) is 0 Å². The molecule has 0 aliphatic carbocycles. The van der Waals surface area contributed by atoms with E-state index >= 15 is 0 Å². The van der Waals surface area contributed by atoms with E-state index in [1.807, 2.05) is 18.2 Å². The second-order valence-corrected chi connectivity index (χ2v) is 4.04. The fourth-order valence-corrected chi connectivity index (χ4v) is 1.69. The van der Waals surface area contributed by atoms with Gasteiger partial charge in [-0.25, -0.2) is 0 Å². The molecule has 2 rings (SSSR count). The Kier molecular flexibility index (Phi) is 3.97. The molecule has 0 atom stereocenters. The van der Waals surface area contributed by atoms with Crippen LogP contribution in [-0.2, 0) is 11.3 Å². The second kappa shape index (κ2) is 5.86. The van der Waals surface area contributed by atoms with Crippen LogP contribution in [0.1, 0.15) is 11.3 Å². The number of para-hydroxylation sites is 1. The van der Waals surface area contributed by atoms with Gasteiger partial charge in [0.2, 0.25) is 12.3 Å². The lowest BCUT2D eigenvalue weighted by Crippen LogP contribution is -2.19. The highest BCUT2D eigenvalue weighted by Crippen LogP contribution is 2.21. The molecule has 0 aliphatic rings. The van der Waals surface area contributed by atoms with Gasteiger partial charge in [0.15, 0.2) is 5.43 Å². The predicted molar refractivity (Wildman–Crippen MR) is 71.2 cm³/mol. The number of H-pyrrole nitrogens is 1. The average molecular weight is 258 g/mol. The number of rotatable bonds is 5. The summed E-state index contributed by atoms with van der Waals surface area (Å²) in [6, 6.07) is 10.6. The minimum atomic E-state index is -0.170. The molecule has 5 nitrogen and oxygen atoms in total. The van der Waals surface area contributed by atoms with Crippen LogP contribution in [0.2, 0.25) is 0 Å². The van der Waals surface area contributed by atoms with Crippen molar-refractivity contribution in [1.29, 1.82) is 0 Å². The van der Waals surface area contributed by atoms with E-state index < -0.39 is 0 Å². The zero-order valence-electron chi connectivity index (χ0n) is 10.5. The van der Waals surface area contributed by atoms with Crippen molar-refractivity contribution in [2.24, 2.45) is 0 Å². The van der Waals surface area contributed by atoms with Crippen molar-refractivity contribution in [3.63, 3.8) is 0 Å². The van der Waals surface area contributed by atoms with E-state index in [0.717, 1.165) is 0 Å². The van der Waals surface area contributed by atoms with E-state index in [-0.39, 0.29) is 12.0 Å². The molecule has 0 radical (unpaired) electrons. The zero-order valence-corrected chi connectivity index (χ0v) is 10.5. The van der Waals surface area contributed by atoms with Crippen LogP contribution in [-0.4, -0.2) is 11.4 Å². The zero-order chi connectivity index (χ0) is 13.7. The molecule has 0 unspecified atom stereocenters. The molecular formula is C14H14N2O3. The van der Waals surface area contributed by atoms with Crippen LogP contribution in [0.4, 0.5) is 0 Å². The van der Waals surface area contributed by atoms with E-state index in [4.69, 9.17) is 4.74 Å². The number of benzene rings is 1. The van der Waals surface area contributed by atoms with Gasteiger partial charge in [0.25, 0.3) is 0 Å². The first-order chi connectivity index (χ1) is 9.20. The summed E-state index contributed by atoms with van der Waals surface area (Å²) < 4.78 is 5.66. The van der Waals surface area contributed by atoms with Gasteiger partial charge in [-0.1, -0.05) is 18.2 Å². The van der Waals surface area contributed by atoms with Gasteiger partial charge in [-0.05, 0) is 19.1 Å². The summed E-state index contributed by atoms with van der Waals surface area (Å²) in [6.45, 7) is 1.90. The normalized spacial score (nSPS) is 9.95. The molecule has 5 heteroatoms. The second-order valence-electron chi connectivity index (χ2n) is 4.04. The molecule has 19 heavy (non-hydrogen) atoms. The van der Waals surface area contributed by atoms with E-state index in [1.54, 1.807) is 19.1 Å². The number of pyridine rings is 1. The quantitative estimate of drug-likeness (QED) is 0.802. The van der Waals surface area contributed by atoms with E-state index in [9.17, 15) is 9.59 Å². The lowest BCUT2D eigenvalue weighted by molar-refractivity contribution is -0.109. The van der Waals surface area contributed by atoms with Gasteiger partial charge in [0.05, 0.1) is 12.1 Å². The Morgan fingerprint density at radius 3 is 2.74 bits per heavy atom. The summed E-state index contributed by atoms with van der Waals surface area (Å²) in [7, 11) is 0. The Balaban J connectivity index is 2.37. The highest BCUT2D eigenvalue weighted by molar-refractivity contribution is 5.47. The summed E-state index contributed by atoms with van der Waals surface area (Å²) in [4.78, 5) is 25.3. The molecule has 0 spiro atoms. The highest BCUT2D eigenvalue weighted by atomic mass is 16.5. The van der Waals surface area contributed by atoms with Crippen LogP contribution in [0, 0.1) is 6.92 Å². The Hall–Kier alpha value is -2.56. The topological polar surface area (TPSA) is 71.2 Å². The SMILES string of the molecule is Cc1cc(=O)c(CNC=O)c(Oc2ccccc2)[nH]1. The van der Waals surface area contributed by atoms with E-state index in [1.165, 1.54) is 6.07 Å². The molecule has 1 heterocycles. The third-order valence-electron chi connectivity index (χ3n) is 2.56. The van der Waals surface area contributed by atoms with Gasteiger partial charge in [0.1, 0.15) is 5.75 Å². The molecule has 2 aromatic rings. The number of carbonyl (C=O) groups excluding carboxylic acids is 1. The molecule has 0 bridgehead atoms. The molecule has 2 N–H and O–H groups in total. The van der Waals surface area contributed by atoms with Gasteiger partial charge in [-0.3, -0.25) is 9.59 Å². The molecule has 0 saturated carbocycles. The average Bonchev–Trinajstić information content (AvgIpc) is 2.39. The van der Waals surface area contributed by atoms with Crippen LogP contribution < -0.4 is 15.5 Å². The maximum Gasteiger partial charge on any atom is 0.207 e. The lowest BCUT2D eigenvalue weighted by atomic mass is 10.2. The first kappa shape index (κ1) is 12.9. The summed E-state index contributed by atoms with van der Waals surface area (Å²) >= 11 is 0. The number of ether oxygens (including phenoxy) is 1. The van der Waals surface area contributed by atoms with Gasteiger partial charge < -0.3 is 15.0 Å². The lowest BCUT2D eigenvalue weighted by Gasteiger charge is -2.11.